The second-order valence-corrected chi connectivity index (χ2v) is 11.9. The SMILES string of the molecule is CCC1=CC2C(C(c3csc(Nc4ccc(C(C)O)cc4)n3)C1)C(C)(C)CCC2(C)C. The first-order valence-corrected chi connectivity index (χ1v) is 12.7. The summed E-state index contributed by atoms with van der Waals surface area (Å²) in [7, 11) is 0. The highest BCUT2D eigenvalue weighted by Crippen LogP contribution is 2.61. The van der Waals surface area contributed by atoms with Gasteiger partial charge in [-0.25, -0.2) is 4.98 Å². The van der Waals surface area contributed by atoms with Crippen LogP contribution in [-0.4, -0.2) is 10.1 Å². The van der Waals surface area contributed by atoms with Crippen LogP contribution in [0.15, 0.2) is 41.3 Å². The monoisotopic (exact) mass is 438 g/mol. The number of rotatable bonds is 5. The standard InChI is InChI=1S/C27H38N2OS/c1-7-18-14-21(24-22(15-18)26(3,4)12-13-27(24,5)6)23-16-31-25(29-23)28-20-10-8-19(9-11-20)17(2)30/h8-11,15-17,21-22,24,30H,7,12-14H2,1-6H3,(H,28,29). The van der Waals surface area contributed by atoms with Crippen LogP contribution in [0.4, 0.5) is 10.8 Å². The summed E-state index contributed by atoms with van der Waals surface area (Å²) in [6, 6.07) is 7.98. The summed E-state index contributed by atoms with van der Waals surface area (Å²) in [5.74, 6) is 1.74. The van der Waals surface area contributed by atoms with Crippen LogP contribution in [0, 0.1) is 22.7 Å². The van der Waals surface area contributed by atoms with Gasteiger partial charge in [0.1, 0.15) is 0 Å². The third-order valence-electron chi connectivity index (χ3n) is 7.94. The number of benzene rings is 1. The van der Waals surface area contributed by atoms with Gasteiger partial charge in [-0.15, -0.1) is 11.3 Å². The molecule has 1 saturated carbocycles. The number of aliphatic hydroxyl groups is 1. The molecule has 2 aliphatic carbocycles. The molecule has 1 heterocycles. The molecule has 168 valence electrons. The fourth-order valence-corrected chi connectivity index (χ4v) is 6.63. The van der Waals surface area contributed by atoms with Crippen molar-refractivity contribution < 1.29 is 5.11 Å². The Hall–Kier alpha value is -1.65. The second kappa shape index (κ2) is 8.37. The molecule has 1 fully saturated rings. The van der Waals surface area contributed by atoms with E-state index in [1.54, 1.807) is 23.8 Å². The highest BCUT2D eigenvalue weighted by Gasteiger charge is 2.52. The summed E-state index contributed by atoms with van der Waals surface area (Å²) < 4.78 is 0. The van der Waals surface area contributed by atoms with Crippen molar-refractivity contribution in [2.75, 3.05) is 5.32 Å². The number of hydrogen-bond donors (Lipinski definition) is 2. The van der Waals surface area contributed by atoms with Crippen molar-refractivity contribution in [1.29, 1.82) is 0 Å². The fraction of sp³-hybridized carbons (Fsp3) is 0.593. The van der Waals surface area contributed by atoms with E-state index < -0.39 is 6.10 Å². The van der Waals surface area contributed by atoms with Gasteiger partial charge >= 0.3 is 0 Å². The summed E-state index contributed by atoms with van der Waals surface area (Å²) in [6.45, 7) is 14.0. The third kappa shape index (κ3) is 4.47. The second-order valence-electron chi connectivity index (χ2n) is 11.0. The number of anilines is 2. The molecule has 1 aromatic heterocycles. The lowest BCUT2D eigenvalue weighted by Crippen LogP contribution is -2.48. The van der Waals surface area contributed by atoms with Crippen molar-refractivity contribution in [1.82, 2.24) is 4.98 Å². The maximum Gasteiger partial charge on any atom is 0.187 e. The van der Waals surface area contributed by atoms with E-state index in [1.807, 2.05) is 24.3 Å². The molecule has 4 rings (SSSR count). The predicted molar refractivity (Wildman–Crippen MR) is 132 cm³/mol. The van der Waals surface area contributed by atoms with Crippen molar-refractivity contribution in [3.63, 3.8) is 0 Å². The minimum atomic E-state index is -0.441. The van der Waals surface area contributed by atoms with Crippen molar-refractivity contribution in [3.8, 4) is 0 Å². The van der Waals surface area contributed by atoms with Gasteiger partial charge in [0.25, 0.3) is 0 Å². The smallest absolute Gasteiger partial charge is 0.187 e. The van der Waals surface area contributed by atoms with E-state index in [4.69, 9.17) is 4.98 Å². The Balaban J connectivity index is 1.61. The lowest BCUT2D eigenvalue weighted by molar-refractivity contribution is -0.0164. The van der Waals surface area contributed by atoms with Crippen LogP contribution < -0.4 is 5.32 Å². The third-order valence-corrected chi connectivity index (χ3v) is 8.71. The zero-order valence-electron chi connectivity index (χ0n) is 19.9. The van der Waals surface area contributed by atoms with Gasteiger partial charge < -0.3 is 10.4 Å². The number of allylic oxidation sites excluding steroid dienone is 2. The Labute approximate surface area is 192 Å². The molecule has 4 heteroatoms. The van der Waals surface area contributed by atoms with E-state index in [9.17, 15) is 5.11 Å². The molecule has 2 aromatic rings. The maximum absolute atomic E-state index is 9.73. The first kappa shape index (κ1) is 22.5. The molecule has 0 bridgehead atoms. The van der Waals surface area contributed by atoms with Crippen LogP contribution >= 0.6 is 11.3 Å². The molecular weight excluding hydrogens is 400 g/mol. The Morgan fingerprint density at radius 1 is 1.13 bits per heavy atom. The first-order chi connectivity index (χ1) is 14.6. The summed E-state index contributed by atoms with van der Waals surface area (Å²) in [5.41, 5.74) is 5.48. The highest BCUT2D eigenvalue weighted by molar-refractivity contribution is 7.13. The number of aliphatic hydroxyl groups excluding tert-OH is 1. The molecule has 2 aliphatic rings. The summed E-state index contributed by atoms with van der Waals surface area (Å²) >= 11 is 1.71. The van der Waals surface area contributed by atoms with E-state index >= 15 is 0 Å². The minimum Gasteiger partial charge on any atom is -0.389 e. The van der Waals surface area contributed by atoms with Crippen molar-refractivity contribution in [2.45, 2.75) is 79.2 Å². The number of hydrogen-bond acceptors (Lipinski definition) is 4. The molecule has 1 aromatic carbocycles. The molecule has 0 radical (unpaired) electrons. The Morgan fingerprint density at radius 3 is 2.45 bits per heavy atom. The molecule has 0 amide bonds. The van der Waals surface area contributed by atoms with Gasteiger partial charge in [0.2, 0.25) is 0 Å². The van der Waals surface area contributed by atoms with E-state index in [0.717, 1.165) is 29.2 Å². The van der Waals surface area contributed by atoms with Gasteiger partial charge in [0.05, 0.1) is 11.8 Å². The predicted octanol–water partition coefficient (Wildman–Crippen LogP) is 7.84. The largest absolute Gasteiger partial charge is 0.389 e. The van der Waals surface area contributed by atoms with E-state index in [0.29, 0.717) is 28.6 Å². The van der Waals surface area contributed by atoms with Gasteiger partial charge in [-0.1, -0.05) is 58.4 Å². The van der Waals surface area contributed by atoms with Crippen molar-refractivity contribution in [3.05, 3.63) is 52.6 Å². The highest BCUT2D eigenvalue weighted by atomic mass is 32.1. The number of thiazole rings is 1. The van der Waals surface area contributed by atoms with Gasteiger partial charge in [-0.2, -0.15) is 0 Å². The summed E-state index contributed by atoms with van der Waals surface area (Å²) in [5, 5.41) is 16.4. The lowest BCUT2D eigenvalue weighted by atomic mass is 9.49. The molecule has 3 nitrogen and oxygen atoms in total. The number of fused-ring (bicyclic) bond motifs is 1. The lowest BCUT2D eigenvalue weighted by Gasteiger charge is -2.56. The maximum atomic E-state index is 9.73. The molecule has 4 unspecified atom stereocenters. The van der Waals surface area contributed by atoms with Crippen LogP contribution in [0.2, 0.25) is 0 Å². The molecule has 0 saturated heterocycles. The van der Waals surface area contributed by atoms with E-state index in [2.05, 4.69) is 51.4 Å². The Bertz CT molecular complexity index is 938. The number of nitrogens with zero attached hydrogens (tertiary/aromatic N) is 1. The minimum absolute atomic E-state index is 0.328. The molecule has 0 spiro atoms. The topological polar surface area (TPSA) is 45.1 Å². The van der Waals surface area contributed by atoms with Gasteiger partial charge in [-0.05, 0) is 73.0 Å². The van der Waals surface area contributed by atoms with E-state index in [-0.39, 0.29) is 0 Å². The van der Waals surface area contributed by atoms with Crippen LogP contribution in [0.3, 0.4) is 0 Å². The Morgan fingerprint density at radius 2 is 1.81 bits per heavy atom. The average Bonchev–Trinajstić information content (AvgIpc) is 3.19. The van der Waals surface area contributed by atoms with Gasteiger partial charge in [-0.3, -0.25) is 0 Å². The quantitative estimate of drug-likeness (QED) is 0.467. The van der Waals surface area contributed by atoms with Gasteiger partial charge in [0, 0.05) is 17.0 Å². The van der Waals surface area contributed by atoms with Crippen LogP contribution in [0.5, 0.6) is 0 Å². The normalized spacial score (nSPS) is 27.8. The molecule has 2 N–H and O–H groups in total. The summed E-state index contributed by atoms with van der Waals surface area (Å²) in [4.78, 5) is 5.09. The average molecular weight is 439 g/mol. The number of nitrogens with one attached hydrogen (secondary N) is 1. The first-order valence-electron chi connectivity index (χ1n) is 11.8. The van der Waals surface area contributed by atoms with Gasteiger partial charge in [0.15, 0.2) is 5.13 Å². The van der Waals surface area contributed by atoms with Crippen LogP contribution in [0.25, 0.3) is 0 Å². The Kier molecular flexibility index (Phi) is 6.08. The zero-order chi connectivity index (χ0) is 22.4. The zero-order valence-corrected chi connectivity index (χ0v) is 20.7. The molecular formula is C27H38N2OS. The van der Waals surface area contributed by atoms with E-state index in [1.165, 1.54) is 18.5 Å². The van der Waals surface area contributed by atoms with Crippen LogP contribution in [0.1, 0.15) is 90.5 Å². The molecule has 0 aliphatic heterocycles. The number of aromatic nitrogens is 1. The van der Waals surface area contributed by atoms with Crippen molar-refractivity contribution in [2.24, 2.45) is 22.7 Å². The fourth-order valence-electron chi connectivity index (χ4n) is 5.84. The molecule has 4 atom stereocenters. The summed E-state index contributed by atoms with van der Waals surface area (Å²) in [6.07, 6.45) is 7.07. The molecule has 31 heavy (non-hydrogen) atoms. The van der Waals surface area contributed by atoms with Crippen molar-refractivity contribution >= 4 is 22.2 Å². The van der Waals surface area contributed by atoms with Crippen LogP contribution in [-0.2, 0) is 0 Å².